The molecule has 0 N–H and O–H groups in total. The fourth-order valence-corrected chi connectivity index (χ4v) is 6.06. The van der Waals surface area contributed by atoms with Gasteiger partial charge in [0.25, 0.3) is 0 Å². The zero-order chi connectivity index (χ0) is 26.9. The van der Waals surface area contributed by atoms with Crippen LogP contribution in [0.3, 0.4) is 0 Å². The van der Waals surface area contributed by atoms with Crippen LogP contribution in [0.1, 0.15) is 0 Å². The third-order valence-electron chi connectivity index (χ3n) is 7.92. The average Bonchev–Trinajstić information content (AvgIpc) is 3.74. The Hall–Kier alpha value is -5.68. The van der Waals surface area contributed by atoms with Gasteiger partial charge < -0.3 is 8.83 Å². The highest BCUT2D eigenvalue weighted by Crippen LogP contribution is 2.42. The monoisotopic (exact) mass is 527 g/mol. The van der Waals surface area contributed by atoms with Gasteiger partial charge in [0, 0.05) is 27.1 Å². The number of rotatable bonds is 3. The molecular formula is C36H21N3O2. The van der Waals surface area contributed by atoms with Gasteiger partial charge in [-0.1, -0.05) is 84.9 Å². The molecule has 0 aliphatic carbocycles. The SMILES string of the molecule is c1ccc(-c2ccc3nc(-n4c5oc6ccccc6c5c5ccc6occc6c54)nc(-c4ccccc4)c3c2)cc1. The van der Waals surface area contributed by atoms with E-state index >= 15 is 0 Å². The van der Waals surface area contributed by atoms with Gasteiger partial charge in [0.05, 0.1) is 28.4 Å². The summed E-state index contributed by atoms with van der Waals surface area (Å²) in [4.78, 5) is 10.4. The molecule has 9 rings (SSSR count). The zero-order valence-electron chi connectivity index (χ0n) is 21.8. The molecule has 0 spiro atoms. The Morgan fingerprint density at radius 1 is 0.537 bits per heavy atom. The van der Waals surface area contributed by atoms with Crippen LogP contribution in [-0.4, -0.2) is 14.5 Å². The number of hydrogen-bond acceptors (Lipinski definition) is 4. The summed E-state index contributed by atoms with van der Waals surface area (Å²) in [5.41, 5.74) is 8.35. The number of nitrogens with zero attached hydrogens (tertiary/aromatic N) is 3. The standard InChI is InChI=1S/C36H21N3O2/c1-3-9-22(10-4-1)24-15-17-29-28(21-24)33(23-11-5-2-6-12-23)38-36(37-29)39-34-26-19-20-40-30(26)18-16-27(34)32-25-13-7-8-14-31(25)41-35(32)39/h1-21H. The van der Waals surface area contributed by atoms with Gasteiger partial charge in [0.2, 0.25) is 11.7 Å². The van der Waals surface area contributed by atoms with Crippen LogP contribution >= 0.6 is 0 Å². The van der Waals surface area contributed by atoms with Crippen LogP contribution in [0.15, 0.2) is 136 Å². The predicted octanol–water partition coefficient (Wildman–Crippen LogP) is 9.55. The Kier molecular flexibility index (Phi) is 4.55. The maximum atomic E-state index is 6.54. The van der Waals surface area contributed by atoms with Gasteiger partial charge in [0.15, 0.2) is 0 Å². The molecule has 5 nitrogen and oxygen atoms in total. The van der Waals surface area contributed by atoms with Crippen molar-refractivity contribution in [2.45, 2.75) is 0 Å². The van der Waals surface area contributed by atoms with Crippen molar-refractivity contribution >= 4 is 54.8 Å². The van der Waals surface area contributed by atoms with E-state index in [1.165, 1.54) is 0 Å². The van der Waals surface area contributed by atoms with Gasteiger partial charge in [-0.3, -0.25) is 0 Å². The van der Waals surface area contributed by atoms with Crippen molar-refractivity contribution in [3.05, 3.63) is 128 Å². The normalized spacial score (nSPS) is 11.9. The molecule has 9 aromatic rings. The largest absolute Gasteiger partial charge is 0.464 e. The van der Waals surface area contributed by atoms with Crippen molar-refractivity contribution in [2.24, 2.45) is 0 Å². The zero-order valence-corrected chi connectivity index (χ0v) is 21.8. The van der Waals surface area contributed by atoms with Crippen molar-refractivity contribution < 1.29 is 8.83 Å². The lowest BCUT2D eigenvalue weighted by atomic mass is 10.0. The fourth-order valence-electron chi connectivity index (χ4n) is 6.06. The number of fused-ring (bicyclic) bond motifs is 8. The summed E-state index contributed by atoms with van der Waals surface area (Å²) in [6.45, 7) is 0. The van der Waals surface area contributed by atoms with Crippen molar-refractivity contribution in [1.82, 2.24) is 14.5 Å². The van der Waals surface area contributed by atoms with E-state index in [0.717, 1.165) is 71.5 Å². The maximum Gasteiger partial charge on any atom is 0.238 e. The molecule has 5 heteroatoms. The van der Waals surface area contributed by atoms with Crippen molar-refractivity contribution in [1.29, 1.82) is 0 Å². The topological polar surface area (TPSA) is 57.0 Å². The summed E-state index contributed by atoms with van der Waals surface area (Å²) < 4.78 is 14.4. The average molecular weight is 528 g/mol. The van der Waals surface area contributed by atoms with E-state index in [-0.39, 0.29) is 0 Å². The minimum atomic E-state index is 0.552. The molecule has 0 aliphatic rings. The van der Waals surface area contributed by atoms with E-state index in [1.807, 2.05) is 54.6 Å². The molecule has 0 aliphatic heterocycles. The summed E-state index contributed by atoms with van der Waals surface area (Å²) in [5.74, 6) is 0.552. The molecule has 0 radical (unpaired) electrons. The molecule has 0 unspecified atom stereocenters. The number of aromatic nitrogens is 3. The summed E-state index contributed by atoms with van der Waals surface area (Å²) in [5, 5.41) is 5.16. The molecule has 0 atom stereocenters. The minimum Gasteiger partial charge on any atom is -0.464 e. The molecule has 4 aromatic heterocycles. The first-order valence-electron chi connectivity index (χ1n) is 13.6. The lowest BCUT2D eigenvalue weighted by molar-refractivity contribution is 0.616. The summed E-state index contributed by atoms with van der Waals surface area (Å²) in [6.07, 6.45) is 1.73. The number of furan rings is 2. The number of hydrogen-bond donors (Lipinski definition) is 0. The van der Waals surface area contributed by atoms with Crippen molar-refractivity contribution in [3.8, 4) is 28.3 Å². The predicted molar refractivity (Wildman–Crippen MR) is 164 cm³/mol. The highest BCUT2D eigenvalue weighted by atomic mass is 16.3. The fraction of sp³-hybridized carbons (Fsp3) is 0. The van der Waals surface area contributed by atoms with E-state index in [0.29, 0.717) is 11.7 Å². The summed E-state index contributed by atoms with van der Waals surface area (Å²) in [7, 11) is 0. The Morgan fingerprint density at radius 2 is 1.32 bits per heavy atom. The van der Waals surface area contributed by atoms with Crippen molar-refractivity contribution in [2.75, 3.05) is 0 Å². The highest BCUT2D eigenvalue weighted by Gasteiger charge is 2.24. The molecule has 0 amide bonds. The Bertz CT molecular complexity index is 2420. The van der Waals surface area contributed by atoms with Crippen LogP contribution in [0, 0.1) is 0 Å². The highest BCUT2D eigenvalue weighted by molar-refractivity contribution is 6.24. The van der Waals surface area contributed by atoms with E-state index in [9.17, 15) is 0 Å². The van der Waals surface area contributed by atoms with Crippen molar-refractivity contribution in [3.63, 3.8) is 0 Å². The van der Waals surface area contributed by atoms with Crippen LogP contribution in [0.2, 0.25) is 0 Å². The molecule has 5 aromatic carbocycles. The first-order valence-corrected chi connectivity index (χ1v) is 13.6. The number of para-hydroxylation sites is 1. The molecule has 0 saturated heterocycles. The Labute approximate surface area is 233 Å². The second-order valence-corrected chi connectivity index (χ2v) is 10.2. The van der Waals surface area contributed by atoms with Gasteiger partial charge in [-0.2, -0.15) is 0 Å². The second-order valence-electron chi connectivity index (χ2n) is 10.2. The first-order chi connectivity index (χ1) is 20.3. The summed E-state index contributed by atoms with van der Waals surface area (Å²) in [6, 6.07) is 41.4. The van der Waals surface area contributed by atoms with Gasteiger partial charge in [-0.15, -0.1) is 0 Å². The van der Waals surface area contributed by atoms with Gasteiger partial charge in [-0.25, -0.2) is 14.5 Å². The molecular weight excluding hydrogens is 506 g/mol. The molecule has 41 heavy (non-hydrogen) atoms. The Morgan fingerprint density at radius 3 is 2.17 bits per heavy atom. The quantitative estimate of drug-likeness (QED) is 0.230. The molecule has 4 heterocycles. The van der Waals surface area contributed by atoms with Crippen LogP contribution < -0.4 is 0 Å². The minimum absolute atomic E-state index is 0.552. The van der Waals surface area contributed by atoms with Crippen LogP contribution in [0.4, 0.5) is 0 Å². The van der Waals surface area contributed by atoms with E-state index in [1.54, 1.807) is 6.26 Å². The van der Waals surface area contributed by atoms with Gasteiger partial charge >= 0.3 is 0 Å². The lowest BCUT2D eigenvalue weighted by Gasteiger charge is -2.12. The van der Waals surface area contributed by atoms with Gasteiger partial charge in [0.1, 0.15) is 11.2 Å². The molecule has 0 fully saturated rings. The smallest absolute Gasteiger partial charge is 0.238 e. The van der Waals surface area contributed by atoms with E-state index in [2.05, 4.69) is 71.3 Å². The molecule has 192 valence electrons. The second kappa shape index (κ2) is 8.41. The third kappa shape index (κ3) is 3.23. The summed E-state index contributed by atoms with van der Waals surface area (Å²) >= 11 is 0. The number of benzene rings is 5. The van der Waals surface area contributed by atoms with Gasteiger partial charge in [-0.05, 0) is 47.5 Å². The maximum absolute atomic E-state index is 6.54. The Balaban J connectivity index is 1.42. The lowest BCUT2D eigenvalue weighted by Crippen LogP contribution is -2.03. The van der Waals surface area contributed by atoms with E-state index in [4.69, 9.17) is 18.8 Å². The molecule has 0 bridgehead atoms. The van der Waals surface area contributed by atoms with Crippen LogP contribution in [0.5, 0.6) is 0 Å². The first kappa shape index (κ1) is 22.2. The van der Waals surface area contributed by atoms with Crippen LogP contribution in [0.25, 0.3) is 83.2 Å². The third-order valence-corrected chi connectivity index (χ3v) is 7.92. The van der Waals surface area contributed by atoms with Crippen LogP contribution in [-0.2, 0) is 0 Å². The molecule has 0 saturated carbocycles. The van der Waals surface area contributed by atoms with E-state index < -0.39 is 0 Å².